The number of aliphatic hydroxyl groups excluding tert-OH is 1. The van der Waals surface area contributed by atoms with E-state index in [-0.39, 0.29) is 25.1 Å². The number of nitrogens with one attached hydrogen (secondary N) is 2. The van der Waals surface area contributed by atoms with Crippen LogP contribution in [0.25, 0.3) is 0 Å². The number of halogens is 3. The summed E-state index contributed by atoms with van der Waals surface area (Å²) < 4.78 is 47.5. The number of anilines is 1. The van der Waals surface area contributed by atoms with Gasteiger partial charge in [-0.15, -0.1) is 0 Å². The summed E-state index contributed by atoms with van der Waals surface area (Å²) in [6.07, 6.45) is 2.45. The van der Waals surface area contributed by atoms with Crippen LogP contribution in [0.15, 0.2) is 60.9 Å². The topological polar surface area (TPSA) is 83.5 Å². The molecule has 36 heavy (non-hydrogen) atoms. The molecule has 0 spiro atoms. The standard InChI is InChI=1S/C27H28F3N3O3/c1-27(16-32-26(35)15-36-27)11-10-21-23(30)13-31-14-24(21)33-25(34)12-22(17-2-6-19(28)7-3-17)18-4-8-20(29)9-5-18/h2-9,13-14,22,26,32,35H,10-12,15-16H2,1H3,(H,33,34)/t26-,27-/m1/s1. The zero-order valence-electron chi connectivity index (χ0n) is 19.8. The lowest BCUT2D eigenvalue weighted by Gasteiger charge is -2.37. The summed E-state index contributed by atoms with van der Waals surface area (Å²) in [6, 6.07) is 11.6. The second-order valence-electron chi connectivity index (χ2n) is 9.21. The number of aliphatic hydroxyl groups is 1. The fourth-order valence-corrected chi connectivity index (χ4v) is 4.30. The summed E-state index contributed by atoms with van der Waals surface area (Å²) in [6.45, 7) is 2.41. The van der Waals surface area contributed by atoms with Gasteiger partial charge in [-0.2, -0.15) is 0 Å². The van der Waals surface area contributed by atoms with Crippen LogP contribution in [0.2, 0.25) is 0 Å². The van der Waals surface area contributed by atoms with Crippen molar-refractivity contribution >= 4 is 11.6 Å². The lowest BCUT2D eigenvalue weighted by molar-refractivity contribution is -0.119. The predicted octanol–water partition coefficient (Wildman–Crippen LogP) is 4.29. The summed E-state index contributed by atoms with van der Waals surface area (Å²) in [5.41, 5.74) is 1.33. The van der Waals surface area contributed by atoms with Crippen molar-refractivity contribution in [3.05, 3.63) is 95.1 Å². The van der Waals surface area contributed by atoms with Crippen molar-refractivity contribution in [2.75, 3.05) is 18.5 Å². The molecule has 0 bridgehead atoms. The van der Waals surface area contributed by atoms with Crippen molar-refractivity contribution in [3.63, 3.8) is 0 Å². The number of benzene rings is 2. The molecule has 3 aromatic rings. The number of pyridine rings is 1. The Labute approximate surface area is 207 Å². The zero-order valence-corrected chi connectivity index (χ0v) is 19.8. The van der Waals surface area contributed by atoms with E-state index in [1.165, 1.54) is 30.5 Å². The lowest BCUT2D eigenvalue weighted by Crippen LogP contribution is -2.53. The first kappa shape index (κ1) is 25.8. The minimum absolute atomic E-state index is 0.0319. The molecule has 1 aromatic heterocycles. The van der Waals surface area contributed by atoms with E-state index >= 15 is 0 Å². The number of carbonyl (C=O) groups excluding carboxylic acids is 1. The molecule has 4 rings (SSSR count). The van der Waals surface area contributed by atoms with Gasteiger partial charge in [0.05, 0.1) is 30.3 Å². The van der Waals surface area contributed by atoms with Crippen LogP contribution in [-0.2, 0) is 16.0 Å². The van der Waals surface area contributed by atoms with Gasteiger partial charge in [0.1, 0.15) is 23.7 Å². The van der Waals surface area contributed by atoms with Crippen molar-refractivity contribution in [1.29, 1.82) is 0 Å². The first-order valence-electron chi connectivity index (χ1n) is 11.7. The van der Waals surface area contributed by atoms with Gasteiger partial charge in [-0.1, -0.05) is 24.3 Å². The molecule has 6 nitrogen and oxygen atoms in total. The van der Waals surface area contributed by atoms with Gasteiger partial charge in [0.25, 0.3) is 0 Å². The summed E-state index contributed by atoms with van der Waals surface area (Å²) in [5, 5.41) is 15.3. The second-order valence-corrected chi connectivity index (χ2v) is 9.21. The van der Waals surface area contributed by atoms with Crippen LogP contribution < -0.4 is 10.6 Å². The van der Waals surface area contributed by atoms with E-state index in [1.54, 1.807) is 24.3 Å². The number of morpholine rings is 1. The Morgan fingerprint density at radius 1 is 1.11 bits per heavy atom. The van der Waals surface area contributed by atoms with Crippen LogP contribution in [0.1, 0.15) is 42.4 Å². The Balaban J connectivity index is 1.51. The molecule has 2 heterocycles. The molecule has 1 aliphatic rings. The molecule has 1 saturated heterocycles. The van der Waals surface area contributed by atoms with Crippen LogP contribution in [0, 0.1) is 17.5 Å². The monoisotopic (exact) mass is 499 g/mol. The summed E-state index contributed by atoms with van der Waals surface area (Å²) in [7, 11) is 0. The first-order valence-corrected chi connectivity index (χ1v) is 11.7. The Morgan fingerprint density at radius 3 is 2.28 bits per heavy atom. The number of rotatable bonds is 8. The van der Waals surface area contributed by atoms with Gasteiger partial charge in [-0.05, 0) is 55.2 Å². The average Bonchev–Trinajstić information content (AvgIpc) is 2.85. The Morgan fingerprint density at radius 2 is 1.72 bits per heavy atom. The number of aromatic nitrogens is 1. The van der Waals surface area contributed by atoms with E-state index in [0.717, 1.165) is 6.20 Å². The third-order valence-corrected chi connectivity index (χ3v) is 6.42. The minimum atomic E-state index is -0.735. The van der Waals surface area contributed by atoms with E-state index in [0.29, 0.717) is 29.7 Å². The van der Waals surface area contributed by atoms with Gasteiger partial charge >= 0.3 is 0 Å². The number of hydrogen-bond acceptors (Lipinski definition) is 5. The van der Waals surface area contributed by atoms with Crippen molar-refractivity contribution in [2.45, 2.75) is 43.9 Å². The third kappa shape index (κ3) is 6.48. The fourth-order valence-electron chi connectivity index (χ4n) is 4.30. The van der Waals surface area contributed by atoms with Crippen LogP contribution >= 0.6 is 0 Å². The molecule has 1 amide bonds. The van der Waals surface area contributed by atoms with Crippen LogP contribution in [0.3, 0.4) is 0 Å². The first-order chi connectivity index (χ1) is 17.2. The largest absolute Gasteiger partial charge is 0.376 e. The number of ether oxygens (including phenoxy) is 1. The summed E-state index contributed by atoms with van der Waals surface area (Å²) in [5.74, 6) is -2.22. The average molecular weight is 500 g/mol. The summed E-state index contributed by atoms with van der Waals surface area (Å²) >= 11 is 0. The predicted molar refractivity (Wildman–Crippen MR) is 129 cm³/mol. The highest BCUT2D eigenvalue weighted by atomic mass is 19.1. The van der Waals surface area contributed by atoms with Crippen LogP contribution in [0.4, 0.5) is 18.9 Å². The molecule has 0 radical (unpaired) electrons. The number of carbonyl (C=O) groups is 1. The van der Waals surface area contributed by atoms with Gasteiger partial charge in [-0.3, -0.25) is 15.1 Å². The number of hydrogen-bond donors (Lipinski definition) is 3. The quantitative estimate of drug-likeness (QED) is 0.431. The highest BCUT2D eigenvalue weighted by Crippen LogP contribution is 2.30. The Bertz CT molecular complexity index is 1140. The zero-order chi connectivity index (χ0) is 25.7. The smallest absolute Gasteiger partial charge is 0.225 e. The van der Waals surface area contributed by atoms with Crippen LogP contribution in [0.5, 0.6) is 0 Å². The minimum Gasteiger partial charge on any atom is -0.376 e. The molecule has 0 unspecified atom stereocenters. The van der Waals surface area contributed by atoms with Gasteiger partial charge in [0, 0.05) is 24.4 Å². The molecule has 9 heteroatoms. The highest BCUT2D eigenvalue weighted by molar-refractivity contribution is 5.92. The second kappa shape index (κ2) is 11.2. The molecule has 190 valence electrons. The van der Waals surface area contributed by atoms with Gasteiger partial charge in [0.2, 0.25) is 5.91 Å². The third-order valence-electron chi connectivity index (χ3n) is 6.42. The normalized spacial score (nSPS) is 19.9. The Kier molecular flexibility index (Phi) is 8.03. The van der Waals surface area contributed by atoms with E-state index in [2.05, 4.69) is 15.6 Å². The van der Waals surface area contributed by atoms with E-state index < -0.39 is 41.1 Å². The molecule has 2 atom stereocenters. The molecular formula is C27H28F3N3O3. The van der Waals surface area contributed by atoms with E-state index in [1.807, 2.05) is 6.92 Å². The van der Waals surface area contributed by atoms with Crippen molar-refractivity contribution < 1.29 is 27.8 Å². The summed E-state index contributed by atoms with van der Waals surface area (Å²) in [4.78, 5) is 17.0. The maximum Gasteiger partial charge on any atom is 0.225 e. The maximum atomic E-state index is 14.7. The molecule has 1 aliphatic heterocycles. The number of nitrogens with zero attached hydrogens (tertiary/aromatic N) is 1. The molecule has 0 aliphatic carbocycles. The van der Waals surface area contributed by atoms with E-state index in [9.17, 15) is 23.1 Å². The molecule has 2 aromatic carbocycles. The molecular weight excluding hydrogens is 471 g/mol. The van der Waals surface area contributed by atoms with Crippen molar-refractivity contribution in [2.24, 2.45) is 0 Å². The van der Waals surface area contributed by atoms with Crippen molar-refractivity contribution in [1.82, 2.24) is 10.3 Å². The number of amides is 1. The lowest BCUT2D eigenvalue weighted by atomic mass is 9.88. The van der Waals surface area contributed by atoms with E-state index in [4.69, 9.17) is 4.74 Å². The maximum absolute atomic E-state index is 14.7. The molecule has 3 N–H and O–H groups in total. The molecule has 1 fully saturated rings. The van der Waals surface area contributed by atoms with Crippen LogP contribution in [-0.4, -0.2) is 41.0 Å². The van der Waals surface area contributed by atoms with Gasteiger partial charge < -0.3 is 15.2 Å². The van der Waals surface area contributed by atoms with Gasteiger partial charge in [-0.25, -0.2) is 13.2 Å². The fraction of sp³-hybridized carbons (Fsp3) is 0.333. The highest BCUT2D eigenvalue weighted by Gasteiger charge is 2.31. The SMILES string of the molecule is C[C@@]1(CCc2c(F)cncc2NC(=O)CC(c2ccc(F)cc2)c2ccc(F)cc2)CN[C@H](O)CO1. The Hall–Kier alpha value is -3.27. The van der Waals surface area contributed by atoms with Gasteiger partial charge in [0.15, 0.2) is 0 Å². The van der Waals surface area contributed by atoms with Crippen molar-refractivity contribution in [3.8, 4) is 0 Å². The molecule has 0 saturated carbocycles.